The fraction of sp³-hybridized carbons (Fsp3) is 0.500. The van der Waals surface area contributed by atoms with Gasteiger partial charge in [0.1, 0.15) is 12.4 Å². The molecule has 1 aromatic rings. The Kier molecular flexibility index (Phi) is 6.22. The van der Waals surface area contributed by atoms with Gasteiger partial charge in [-0.15, -0.1) is 0 Å². The standard InChI is InChI=1S/C14H21NO3/c1-4-9-18-10-14(16)15-11(2)12-5-7-13(17-3)8-6-12/h5-8,11H,4,9-10H2,1-3H3,(H,15,16)/t11-/m0/s1. The van der Waals surface area contributed by atoms with Crippen molar-refractivity contribution in [2.75, 3.05) is 20.3 Å². The molecule has 1 amide bonds. The van der Waals surface area contributed by atoms with E-state index < -0.39 is 0 Å². The number of carbonyl (C=O) groups excluding carboxylic acids is 1. The largest absolute Gasteiger partial charge is 0.497 e. The maximum Gasteiger partial charge on any atom is 0.246 e. The Morgan fingerprint density at radius 3 is 2.56 bits per heavy atom. The van der Waals surface area contributed by atoms with Crippen LogP contribution in [0.4, 0.5) is 0 Å². The van der Waals surface area contributed by atoms with Gasteiger partial charge in [-0.1, -0.05) is 19.1 Å². The van der Waals surface area contributed by atoms with Gasteiger partial charge in [0.2, 0.25) is 5.91 Å². The fourth-order valence-corrected chi connectivity index (χ4v) is 1.57. The van der Waals surface area contributed by atoms with Gasteiger partial charge in [-0.2, -0.15) is 0 Å². The first kappa shape index (κ1) is 14.5. The van der Waals surface area contributed by atoms with Crippen LogP contribution in [-0.4, -0.2) is 26.2 Å². The van der Waals surface area contributed by atoms with E-state index in [0.717, 1.165) is 17.7 Å². The molecular formula is C14H21NO3. The first-order chi connectivity index (χ1) is 8.67. The van der Waals surface area contributed by atoms with Crippen LogP contribution in [0.15, 0.2) is 24.3 Å². The maximum absolute atomic E-state index is 11.6. The van der Waals surface area contributed by atoms with E-state index in [4.69, 9.17) is 9.47 Å². The predicted octanol–water partition coefficient (Wildman–Crippen LogP) is 2.30. The zero-order valence-corrected chi connectivity index (χ0v) is 11.2. The topological polar surface area (TPSA) is 47.6 Å². The van der Waals surface area contributed by atoms with Gasteiger partial charge < -0.3 is 14.8 Å². The van der Waals surface area contributed by atoms with Crippen LogP contribution in [0.25, 0.3) is 0 Å². The summed E-state index contributed by atoms with van der Waals surface area (Å²) in [6.07, 6.45) is 0.918. The van der Waals surface area contributed by atoms with Gasteiger partial charge >= 0.3 is 0 Å². The molecule has 0 aliphatic carbocycles. The van der Waals surface area contributed by atoms with E-state index in [1.165, 1.54) is 0 Å². The zero-order chi connectivity index (χ0) is 13.4. The smallest absolute Gasteiger partial charge is 0.246 e. The van der Waals surface area contributed by atoms with Crippen LogP contribution in [0.3, 0.4) is 0 Å². The summed E-state index contributed by atoms with van der Waals surface area (Å²) in [5, 5.41) is 2.89. The lowest BCUT2D eigenvalue weighted by Gasteiger charge is -2.14. The van der Waals surface area contributed by atoms with Crippen molar-refractivity contribution >= 4 is 5.91 Å². The Hall–Kier alpha value is -1.55. The number of ether oxygens (including phenoxy) is 2. The number of nitrogens with one attached hydrogen (secondary N) is 1. The minimum atomic E-state index is -0.0910. The van der Waals surface area contributed by atoms with Gasteiger partial charge in [0.05, 0.1) is 13.2 Å². The van der Waals surface area contributed by atoms with Crippen LogP contribution in [0.5, 0.6) is 5.75 Å². The van der Waals surface area contributed by atoms with Crippen molar-refractivity contribution in [3.05, 3.63) is 29.8 Å². The molecular weight excluding hydrogens is 230 g/mol. The second-order valence-electron chi connectivity index (χ2n) is 4.11. The van der Waals surface area contributed by atoms with Gasteiger partial charge in [-0.25, -0.2) is 0 Å². The molecule has 0 aliphatic rings. The SMILES string of the molecule is CCCOCC(=O)N[C@@H](C)c1ccc(OC)cc1. The number of hydrogen-bond acceptors (Lipinski definition) is 3. The molecule has 0 bridgehead atoms. The van der Waals surface area contributed by atoms with E-state index in [9.17, 15) is 4.79 Å². The molecule has 1 rings (SSSR count). The summed E-state index contributed by atoms with van der Waals surface area (Å²) < 4.78 is 10.3. The minimum Gasteiger partial charge on any atom is -0.497 e. The van der Waals surface area contributed by atoms with Gasteiger partial charge in [0.15, 0.2) is 0 Å². The molecule has 4 nitrogen and oxygen atoms in total. The van der Waals surface area contributed by atoms with Gasteiger partial charge in [0.25, 0.3) is 0 Å². The molecule has 1 aromatic carbocycles. The fourth-order valence-electron chi connectivity index (χ4n) is 1.57. The molecule has 0 heterocycles. The molecule has 0 saturated carbocycles. The summed E-state index contributed by atoms with van der Waals surface area (Å²) in [4.78, 5) is 11.6. The highest BCUT2D eigenvalue weighted by molar-refractivity contribution is 5.77. The van der Waals surface area contributed by atoms with Crippen molar-refractivity contribution in [3.63, 3.8) is 0 Å². The predicted molar refractivity (Wildman–Crippen MR) is 70.7 cm³/mol. The number of benzene rings is 1. The van der Waals surface area contributed by atoms with E-state index in [1.54, 1.807) is 7.11 Å². The molecule has 1 atom stereocenters. The molecule has 1 N–H and O–H groups in total. The number of carbonyl (C=O) groups is 1. The van der Waals surface area contributed by atoms with Crippen LogP contribution in [0, 0.1) is 0 Å². The van der Waals surface area contributed by atoms with Gasteiger partial charge in [0, 0.05) is 6.61 Å². The summed E-state index contributed by atoms with van der Waals surface area (Å²) >= 11 is 0. The van der Waals surface area contributed by atoms with Gasteiger partial charge in [-0.05, 0) is 31.0 Å². The number of rotatable bonds is 7. The molecule has 100 valence electrons. The Labute approximate surface area is 108 Å². The summed E-state index contributed by atoms with van der Waals surface area (Å²) in [7, 11) is 1.63. The molecule has 0 radical (unpaired) electrons. The Balaban J connectivity index is 2.43. The lowest BCUT2D eigenvalue weighted by Crippen LogP contribution is -2.30. The minimum absolute atomic E-state index is 0.0337. The lowest BCUT2D eigenvalue weighted by molar-refractivity contribution is -0.126. The van der Waals surface area contributed by atoms with Crippen LogP contribution >= 0.6 is 0 Å². The Morgan fingerprint density at radius 1 is 1.33 bits per heavy atom. The Morgan fingerprint density at radius 2 is 2.00 bits per heavy atom. The van der Waals surface area contributed by atoms with E-state index in [2.05, 4.69) is 5.32 Å². The normalized spacial score (nSPS) is 11.9. The number of amides is 1. The van der Waals surface area contributed by atoms with Crippen molar-refractivity contribution in [1.29, 1.82) is 0 Å². The van der Waals surface area contributed by atoms with Crippen LogP contribution in [0.2, 0.25) is 0 Å². The van der Waals surface area contributed by atoms with Crippen LogP contribution in [-0.2, 0) is 9.53 Å². The second-order valence-corrected chi connectivity index (χ2v) is 4.11. The van der Waals surface area contributed by atoms with Crippen LogP contribution in [0.1, 0.15) is 31.9 Å². The molecule has 0 saturated heterocycles. The van der Waals surface area contributed by atoms with E-state index >= 15 is 0 Å². The quantitative estimate of drug-likeness (QED) is 0.756. The first-order valence-corrected chi connectivity index (χ1v) is 6.18. The summed E-state index contributed by atoms with van der Waals surface area (Å²) in [5.41, 5.74) is 1.04. The van der Waals surface area contributed by atoms with E-state index in [1.807, 2.05) is 38.1 Å². The molecule has 18 heavy (non-hydrogen) atoms. The van der Waals surface area contributed by atoms with Crippen molar-refractivity contribution in [3.8, 4) is 5.75 Å². The van der Waals surface area contributed by atoms with E-state index in [0.29, 0.717) is 6.61 Å². The molecule has 4 heteroatoms. The molecule has 0 aliphatic heterocycles. The highest BCUT2D eigenvalue weighted by atomic mass is 16.5. The lowest BCUT2D eigenvalue weighted by atomic mass is 10.1. The molecule has 0 fully saturated rings. The third-order valence-electron chi connectivity index (χ3n) is 2.57. The average Bonchev–Trinajstić information content (AvgIpc) is 2.39. The third-order valence-corrected chi connectivity index (χ3v) is 2.57. The summed E-state index contributed by atoms with van der Waals surface area (Å²) in [6, 6.07) is 7.61. The summed E-state index contributed by atoms with van der Waals surface area (Å²) in [6.45, 7) is 4.69. The monoisotopic (exact) mass is 251 g/mol. The van der Waals surface area contributed by atoms with E-state index in [-0.39, 0.29) is 18.6 Å². The zero-order valence-electron chi connectivity index (χ0n) is 11.2. The van der Waals surface area contributed by atoms with Crippen molar-refractivity contribution in [1.82, 2.24) is 5.32 Å². The highest BCUT2D eigenvalue weighted by Gasteiger charge is 2.09. The third kappa shape index (κ3) is 4.75. The summed E-state index contributed by atoms with van der Waals surface area (Å²) in [5.74, 6) is 0.718. The van der Waals surface area contributed by atoms with Gasteiger partial charge in [-0.3, -0.25) is 4.79 Å². The first-order valence-electron chi connectivity index (χ1n) is 6.18. The van der Waals surface area contributed by atoms with Crippen molar-refractivity contribution in [2.45, 2.75) is 26.3 Å². The highest BCUT2D eigenvalue weighted by Crippen LogP contribution is 2.16. The number of hydrogen-bond donors (Lipinski definition) is 1. The molecule has 0 unspecified atom stereocenters. The van der Waals surface area contributed by atoms with Crippen molar-refractivity contribution in [2.24, 2.45) is 0 Å². The molecule has 0 aromatic heterocycles. The molecule has 0 spiro atoms. The maximum atomic E-state index is 11.6. The second kappa shape index (κ2) is 7.71. The van der Waals surface area contributed by atoms with Crippen LogP contribution < -0.4 is 10.1 Å². The number of methoxy groups -OCH3 is 1. The van der Waals surface area contributed by atoms with Crippen molar-refractivity contribution < 1.29 is 14.3 Å². The Bertz CT molecular complexity index is 362. The average molecular weight is 251 g/mol.